The molecule has 0 atom stereocenters. The highest BCUT2D eigenvalue weighted by Crippen LogP contribution is 2.28. The summed E-state index contributed by atoms with van der Waals surface area (Å²) in [6, 6.07) is 3.63. The van der Waals surface area contributed by atoms with Crippen molar-refractivity contribution in [2.75, 3.05) is 20.0 Å². The summed E-state index contributed by atoms with van der Waals surface area (Å²) in [7, 11) is 2.84. The van der Waals surface area contributed by atoms with Crippen molar-refractivity contribution < 1.29 is 14.3 Å². The van der Waals surface area contributed by atoms with Crippen LogP contribution in [0, 0.1) is 0 Å². The number of nitrogen functional groups attached to an aromatic ring is 1. The summed E-state index contributed by atoms with van der Waals surface area (Å²) in [6.45, 7) is 0. The average Bonchev–Trinajstić information content (AvgIpc) is 3.20. The van der Waals surface area contributed by atoms with E-state index in [0.717, 1.165) is 12.8 Å². The number of methoxy groups -OCH3 is 2. The molecule has 0 saturated heterocycles. The van der Waals surface area contributed by atoms with Crippen molar-refractivity contribution in [1.82, 2.24) is 0 Å². The maximum atomic E-state index is 11.5. The first kappa shape index (κ1) is 12.4. The molecule has 0 aliphatic heterocycles. The molecule has 0 spiro atoms. The Morgan fingerprint density at radius 2 is 2.17 bits per heavy atom. The zero-order valence-electron chi connectivity index (χ0n) is 10.5. The summed E-state index contributed by atoms with van der Waals surface area (Å²) in [4.78, 5) is 15.9. The van der Waals surface area contributed by atoms with Gasteiger partial charge >= 0.3 is 5.97 Å². The quantitative estimate of drug-likeness (QED) is 0.499. The summed E-state index contributed by atoms with van der Waals surface area (Å²) in [5, 5.41) is 0. The lowest BCUT2D eigenvalue weighted by molar-refractivity contribution is 0.0600. The molecule has 18 heavy (non-hydrogen) atoms. The first-order chi connectivity index (χ1) is 8.65. The van der Waals surface area contributed by atoms with Crippen LogP contribution < -0.4 is 10.5 Å². The summed E-state index contributed by atoms with van der Waals surface area (Å²) >= 11 is 0. The number of rotatable bonds is 4. The highest BCUT2D eigenvalue weighted by molar-refractivity contribution is 5.97. The second-order valence-corrected chi connectivity index (χ2v) is 4.18. The van der Waals surface area contributed by atoms with Crippen LogP contribution in [0.25, 0.3) is 0 Å². The van der Waals surface area contributed by atoms with Crippen molar-refractivity contribution in [2.24, 2.45) is 4.99 Å². The van der Waals surface area contributed by atoms with E-state index >= 15 is 0 Å². The fraction of sp³-hybridized carbons (Fsp3) is 0.385. The fourth-order valence-corrected chi connectivity index (χ4v) is 1.57. The zero-order chi connectivity index (χ0) is 13.1. The molecule has 2 rings (SSSR count). The van der Waals surface area contributed by atoms with Gasteiger partial charge in [-0.2, -0.15) is 0 Å². The van der Waals surface area contributed by atoms with E-state index < -0.39 is 5.97 Å². The van der Waals surface area contributed by atoms with Gasteiger partial charge in [0.15, 0.2) is 0 Å². The van der Waals surface area contributed by atoms with Gasteiger partial charge in [-0.25, -0.2) is 4.79 Å². The lowest BCUT2D eigenvalue weighted by atomic mass is 10.1. The Bertz CT molecular complexity index is 493. The third-order valence-electron chi connectivity index (χ3n) is 2.79. The van der Waals surface area contributed by atoms with E-state index in [9.17, 15) is 4.79 Å². The van der Waals surface area contributed by atoms with E-state index in [-0.39, 0.29) is 0 Å². The van der Waals surface area contributed by atoms with Crippen molar-refractivity contribution in [2.45, 2.75) is 18.9 Å². The van der Waals surface area contributed by atoms with E-state index in [1.165, 1.54) is 14.2 Å². The minimum absolute atomic E-state index is 0.400. The molecule has 0 bridgehead atoms. The maximum Gasteiger partial charge on any atom is 0.338 e. The minimum Gasteiger partial charge on any atom is -0.495 e. The summed E-state index contributed by atoms with van der Waals surface area (Å²) in [5.41, 5.74) is 7.51. The van der Waals surface area contributed by atoms with Gasteiger partial charge in [-0.3, -0.25) is 4.99 Å². The Kier molecular flexibility index (Phi) is 3.50. The summed E-state index contributed by atoms with van der Waals surface area (Å²) < 4.78 is 9.84. The van der Waals surface area contributed by atoms with Crippen LogP contribution in [0.15, 0.2) is 17.1 Å². The highest BCUT2D eigenvalue weighted by atomic mass is 16.5. The van der Waals surface area contributed by atoms with Crippen molar-refractivity contribution in [3.8, 4) is 5.75 Å². The number of nitrogens with two attached hydrogens (primary N) is 1. The molecule has 0 amide bonds. The van der Waals surface area contributed by atoms with Crippen molar-refractivity contribution >= 4 is 17.9 Å². The largest absolute Gasteiger partial charge is 0.495 e. The van der Waals surface area contributed by atoms with Gasteiger partial charge in [0.05, 0.1) is 31.5 Å². The summed E-state index contributed by atoms with van der Waals surface area (Å²) in [5.74, 6) is 0.0320. The molecular formula is C13H16N2O3. The average molecular weight is 248 g/mol. The molecule has 5 heteroatoms. The predicted molar refractivity (Wildman–Crippen MR) is 69.4 cm³/mol. The number of carbonyl (C=O) groups is 1. The van der Waals surface area contributed by atoms with Crippen LogP contribution >= 0.6 is 0 Å². The van der Waals surface area contributed by atoms with Gasteiger partial charge in [0, 0.05) is 11.8 Å². The van der Waals surface area contributed by atoms with Crippen LogP contribution in [0.1, 0.15) is 28.8 Å². The monoisotopic (exact) mass is 248 g/mol. The number of anilines is 1. The first-order valence-corrected chi connectivity index (χ1v) is 5.74. The molecule has 0 radical (unpaired) electrons. The Labute approximate surface area is 106 Å². The van der Waals surface area contributed by atoms with Crippen LogP contribution in [-0.2, 0) is 4.74 Å². The van der Waals surface area contributed by atoms with E-state index in [0.29, 0.717) is 28.6 Å². The standard InChI is InChI=1S/C13H16N2O3/c1-17-11-6-8(13(16)18-2)5-9(12(11)14)7-15-10-3-4-10/h5-7,10H,3-4,14H2,1-2H3. The molecule has 1 fully saturated rings. The molecule has 96 valence electrons. The number of esters is 1. The molecular weight excluding hydrogens is 232 g/mol. The number of carbonyl (C=O) groups excluding carboxylic acids is 1. The molecule has 0 aromatic heterocycles. The van der Waals surface area contributed by atoms with Gasteiger partial charge in [0.25, 0.3) is 0 Å². The van der Waals surface area contributed by atoms with Crippen LogP contribution in [0.2, 0.25) is 0 Å². The second kappa shape index (κ2) is 5.08. The molecule has 5 nitrogen and oxygen atoms in total. The Morgan fingerprint density at radius 1 is 1.44 bits per heavy atom. The van der Waals surface area contributed by atoms with Gasteiger partial charge < -0.3 is 15.2 Å². The van der Waals surface area contributed by atoms with Crippen LogP contribution in [0.3, 0.4) is 0 Å². The topological polar surface area (TPSA) is 73.9 Å². The normalized spacial score (nSPS) is 14.8. The lowest BCUT2D eigenvalue weighted by Crippen LogP contribution is -2.06. The first-order valence-electron chi connectivity index (χ1n) is 5.74. The minimum atomic E-state index is -0.422. The maximum absolute atomic E-state index is 11.5. The van der Waals surface area contributed by atoms with Crippen LogP contribution in [0.5, 0.6) is 5.75 Å². The Hall–Kier alpha value is -2.04. The van der Waals surface area contributed by atoms with E-state index in [1.807, 2.05) is 0 Å². The Morgan fingerprint density at radius 3 is 2.72 bits per heavy atom. The zero-order valence-corrected chi connectivity index (χ0v) is 10.5. The molecule has 0 unspecified atom stereocenters. The highest BCUT2D eigenvalue weighted by Gasteiger charge is 2.19. The number of ether oxygens (including phenoxy) is 2. The molecule has 1 aliphatic carbocycles. The Balaban J connectivity index is 2.38. The third kappa shape index (κ3) is 2.61. The molecule has 1 aliphatic rings. The molecule has 1 aromatic rings. The van der Waals surface area contributed by atoms with Gasteiger partial charge in [0.1, 0.15) is 5.75 Å². The van der Waals surface area contributed by atoms with Gasteiger partial charge in [0.2, 0.25) is 0 Å². The fourth-order valence-electron chi connectivity index (χ4n) is 1.57. The smallest absolute Gasteiger partial charge is 0.338 e. The van der Waals surface area contributed by atoms with Gasteiger partial charge in [-0.15, -0.1) is 0 Å². The van der Waals surface area contributed by atoms with Gasteiger partial charge in [-0.05, 0) is 25.0 Å². The van der Waals surface area contributed by atoms with Crippen molar-refractivity contribution in [3.63, 3.8) is 0 Å². The third-order valence-corrected chi connectivity index (χ3v) is 2.79. The van der Waals surface area contributed by atoms with Crippen molar-refractivity contribution in [3.05, 3.63) is 23.3 Å². The second-order valence-electron chi connectivity index (χ2n) is 4.18. The van der Waals surface area contributed by atoms with E-state index in [1.54, 1.807) is 18.3 Å². The molecule has 1 aromatic carbocycles. The van der Waals surface area contributed by atoms with E-state index in [4.69, 9.17) is 10.5 Å². The number of benzene rings is 1. The van der Waals surface area contributed by atoms with Crippen molar-refractivity contribution in [1.29, 1.82) is 0 Å². The molecule has 0 heterocycles. The van der Waals surface area contributed by atoms with Crippen LogP contribution in [-0.4, -0.2) is 32.4 Å². The molecule has 2 N–H and O–H groups in total. The number of hydrogen-bond acceptors (Lipinski definition) is 5. The SMILES string of the molecule is COC(=O)c1cc(C=NC2CC2)c(N)c(OC)c1. The molecule has 1 saturated carbocycles. The number of hydrogen-bond donors (Lipinski definition) is 1. The lowest BCUT2D eigenvalue weighted by Gasteiger charge is -2.09. The van der Waals surface area contributed by atoms with Crippen LogP contribution in [0.4, 0.5) is 5.69 Å². The van der Waals surface area contributed by atoms with Gasteiger partial charge in [-0.1, -0.05) is 0 Å². The van der Waals surface area contributed by atoms with E-state index in [2.05, 4.69) is 9.73 Å². The number of aliphatic imine (C=N–C) groups is 1. The summed E-state index contributed by atoms with van der Waals surface area (Å²) in [6.07, 6.45) is 3.93. The predicted octanol–water partition coefficient (Wildman–Crippen LogP) is 1.65. The number of nitrogens with zero attached hydrogens (tertiary/aromatic N) is 1.